The van der Waals surface area contributed by atoms with Gasteiger partial charge in [0.1, 0.15) is 0 Å². The largest absolute Gasteiger partial charge is 0.481 e. The van der Waals surface area contributed by atoms with Gasteiger partial charge >= 0.3 is 5.97 Å². The molecule has 0 aromatic carbocycles. The Balaban J connectivity index is 3.46. The van der Waals surface area contributed by atoms with E-state index >= 15 is 0 Å². The molecule has 0 aliphatic carbocycles. The summed E-state index contributed by atoms with van der Waals surface area (Å²) in [6.07, 6.45) is 5.00. The molecule has 0 aliphatic rings. The van der Waals surface area contributed by atoms with Crippen LogP contribution in [-0.2, 0) is 4.79 Å². The van der Waals surface area contributed by atoms with Gasteiger partial charge in [-0.15, -0.1) is 0 Å². The van der Waals surface area contributed by atoms with Crippen molar-refractivity contribution in [2.45, 2.75) is 46.0 Å². The lowest BCUT2D eigenvalue weighted by molar-refractivity contribution is -0.147. The van der Waals surface area contributed by atoms with E-state index in [0.29, 0.717) is 0 Å². The second-order valence-corrected chi connectivity index (χ2v) is 4.14. The highest BCUT2D eigenvalue weighted by Gasteiger charge is 2.25. The Bertz CT molecular complexity index is 155. The van der Waals surface area contributed by atoms with Crippen molar-refractivity contribution in [2.24, 2.45) is 11.1 Å². The smallest absolute Gasteiger partial charge is 0.309 e. The van der Waals surface area contributed by atoms with Crippen molar-refractivity contribution in [3.8, 4) is 0 Å². The normalized spacial score (nSPS) is 11.6. The number of hydrogen-bond donors (Lipinski definition) is 2. The number of rotatable bonds is 7. The van der Waals surface area contributed by atoms with Gasteiger partial charge in [0, 0.05) is 0 Å². The Hall–Kier alpha value is -0.570. The lowest BCUT2D eigenvalue weighted by Crippen LogP contribution is -2.23. The zero-order valence-corrected chi connectivity index (χ0v) is 8.68. The first-order chi connectivity index (χ1) is 6.00. The Labute approximate surface area is 80.3 Å². The van der Waals surface area contributed by atoms with E-state index in [2.05, 4.69) is 0 Å². The molecule has 0 radical (unpaired) electrons. The van der Waals surface area contributed by atoms with Gasteiger partial charge in [0.05, 0.1) is 5.41 Å². The molecule has 0 amide bonds. The highest BCUT2D eigenvalue weighted by Crippen LogP contribution is 2.23. The molecule has 0 rings (SSSR count). The topological polar surface area (TPSA) is 63.3 Å². The van der Waals surface area contributed by atoms with Crippen LogP contribution >= 0.6 is 0 Å². The first kappa shape index (κ1) is 12.4. The van der Waals surface area contributed by atoms with Gasteiger partial charge in [-0.2, -0.15) is 0 Å². The van der Waals surface area contributed by atoms with Crippen LogP contribution in [0.3, 0.4) is 0 Å². The standard InChI is InChI=1S/C10H21NO2/c1-10(2,9(12)13)7-5-3-4-6-8-11/h3-8,11H2,1-2H3,(H,12,13). The molecule has 0 spiro atoms. The molecule has 0 aromatic heterocycles. The van der Waals surface area contributed by atoms with Crippen molar-refractivity contribution < 1.29 is 9.90 Å². The summed E-state index contributed by atoms with van der Waals surface area (Å²) in [6.45, 7) is 4.29. The van der Waals surface area contributed by atoms with Gasteiger partial charge in [-0.05, 0) is 33.2 Å². The van der Waals surface area contributed by atoms with Crippen molar-refractivity contribution in [1.82, 2.24) is 0 Å². The molecule has 0 bridgehead atoms. The SMILES string of the molecule is CC(C)(CCCCCCN)C(=O)O. The van der Waals surface area contributed by atoms with Crippen molar-refractivity contribution >= 4 is 5.97 Å². The van der Waals surface area contributed by atoms with Crippen LogP contribution < -0.4 is 5.73 Å². The van der Waals surface area contributed by atoms with Crippen molar-refractivity contribution in [2.75, 3.05) is 6.54 Å². The Morgan fingerprint density at radius 3 is 2.23 bits per heavy atom. The van der Waals surface area contributed by atoms with Crippen molar-refractivity contribution in [1.29, 1.82) is 0 Å². The Morgan fingerprint density at radius 1 is 1.23 bits per heavy atom. The number of carboxylic acid groups (broad SMARTS) is 1. The molecule has 13 heavy (non-hydrogen) atoms. The minimum Gasteiger partial charge on any atom is -0.481 e. The maximum Gasteiger partial charge on any atom is 0.309 e. The van der Waals surface area contributed by atoms with Crippen LogP contribution in [0.25, 0.3) is 0 Å². The molecule has 0 aliphatic heterocycles. The number of nitrogens with two attached hydrogens (primary N) is 1. The van der Waals surface area contributed by atoms with E-state index in [1.165, 1.54) is 0 Å². The summed E-state index contributed by atoms with van der Waals surface area (Å²) in [5.74, 6) is -0.702. The highest BCUT2D eigenvalue weighted by atomic mass is 16.4. The summed E-state index contributed by atoms with van der Waals surface area (Å²) in [4.78, 5) is 10.7. The van der Waals surface area contributed by atoms with Gasteiger partial charge in [-0.3, -0.25) is 4.79 Å². The Kier molecular flexibility index (Phi) is 5.71. The summed E-state index contributed by atoms with van der Waals surface area (Å²) in [5.41, 5.74) is 4.78. The number of carboxylic acids is 1. The average Bonchev–Trinajstić information content (AvgIpc) is 2.03. The molecule has 0 saturated heterocycles. The lowest BCUT2D eigenvalue weighted by atomic mass is 9.87. The minimum absolute atomic E-state index is 0.567. The number of hydrogen-bond acceptors (Lipinski definition) is 2. The van der Waals surface area contributed by atoms with E-state index in [1.807, 2.05) is 0 Å². The highest BCUT2D eigenvalue weighted by molar-refractivity contribution is 5.73. The third kappa shape index (κ3) is 5.64. The summed E-state index contributed by atoms with van der Waals surface area (Å²) in [7, 11) is 0. The molecule has 3 heteroatoms. The van der Waals surface area contributed by atoms with Gasteiger partial charge in [-0.1, -0.05) is 19.3 Å². The molecule has 3 nitrogen and oxygen atoms in total. The molecule has 0 unspecified atom stereocenters. The van der Waals surface area contributed by atoms with Gasteiger partial charge < -0.3 is 10.8 Å². The third-order valence-corrected chi connectivity index (χ3v) is 2.33. The lowest BCUT2D eigenvalue weighted by Gasteiger charge is -2.18. The summed E-state index contributed by atoms with van der Waals surface area (Å²) >= 11 is 0. The quantitative estimate of drug-likeness (QED) is 0.599. The molecule has 0 fully saturated rings. The van der Waals surface area contributed by atoms with E-state index in [4.69, 9.17) is 10.8 Å². The molecule has 0 aromatic rings. The van der Waals surface area contributed by atoms with Gasteiger partial charge in [0.15, 0.2) is 0 Å². The van der Waals surface area contributed by atoms with Crippen LogP contribution in [-0.4, -0.2) is 17.6 Å². The fourth-order valence-corrected chi connectivity index (χ4v) is 1.17. The summed E-state index contributed by atoms with van der Waals surface area (Å²) < 4.78 is 0. The number of carbonyl (C=O) groups is 1. The molecule has 78 valence electrons. The van der Waals surface area contributed by atoms with E-state index in [0.717, 1.165) is 38.6 Å². The van der Waals surface area contributed by atoms with Crippen molar-refractivity contribution in [3.63, 3.8) is 0 Å². The van der Waals surface area contributed by atoms with Crippen LogP contribution in [0.4, 0.5) is 0 Å². The summed E-state index contributed by atoms with van der Waals surface area (Å²) in [6, 6.07) is 0. The fraction of sp³-hybridized carbons (Fsp3) is 0.900. The zero-order valence-electron chi connectivity index (χ0n) is 8.68. The fourth-order valence-electron chi connectivity index (χ4n) is 1.17. The maximum atomic E-state index is 10.7. The van der Waals surface area contributed by atoms with Crippen molar-refractivity contribution in [3.05, 3.63) is 0 Å². The maximum absolute atomic E-state index is 10.7. The first-order valence-corrected chi connectivity index (χ1v) is 4.94. The third-order valence-electron chi connectivity index (χ3n) is 2.33. The van der Waals surface area contributed by atoms with E-state index in [-0.39, 0.29) is 0 Å². The molecular weight excluding hydrogens is 166 g/mol. The number of unbranched alkanes of at least 4 members (excludes halogenated alkanes) is 3. The average molecular weight is 187 g/mol. The molecular formula is C10H21NO2. The Morgan fingerprint density at radius 2 is 1.77 bits per heavy atom. The molecule has 0 saturated carbocycles. The predicted octanol–water partition coefficient (Wildman–Crippen LogP) is 2.01. The van der Waals surface area contributed by atoms with Gasteiger partial charge in [0.2, 0.25) is 0 Å². The molecule has 3 N–H and O–H groups in total. The van der Waals surface area contributed by atoms with Crippen LogP contribution in [0.15, 0.2) is 0 Å². The van der Waals surface area contributed by atoms with Crippen LogP contribution in [0.2, 0.25) is 0 Å². The van der Waals surface area contributed by atoms with Crippen LogP contribution in [0.1, 0.15) is 46.0 Å². The second-order valence-electron chi connectivity index (χ2n) is 4.14. The first-order valence-electron chi connectivity index (χ1n) is 4.94. The monoisotopic (exact) mass is 187 g/mol. The van der Waals surface area contributed by atoms with Gasteiger partial charge in [-0.25, -0.2) is 0 Å². The van der Waals surface area contributed by atoms with E-state index in [1.54, 1.807) is 13.8 Å². The number of aliphatic carboxylic acids is 1. The van der Waals surface area contributed by atoms with Gasteiger partial charge in [0.25, 0.3) is 0 Å². The molecule has 0 atom stereocenters. The van der Waals surface area contributed by atoms with E-state index in [9.17, 15) is 4.79 Å². The second kappa shape index (κ2) is 5.97. The summed E-state index contributed by atoms with van der Waals surface area (Å²) in [5, 5.41) is 8.82. The van der Waals surface area contributed by atoms with Crippen LogP contribution in [0, 0.1) is 5.41 Å². The van der Waals surface area contributed by atoms with Crippen LogP contribution in [0.5, 0.6) is 0 Å². The van der Waals surface area contributed by atoms with E-state index < -0.39 is 11.4 Å². The molecule has 0 heterocycles. The predicted molar refractivity (Wildman–Crippen MR) is 53.6 cm³/mol. The minimum atomic E-state index is -0.702. The zero-order chi connectivity index (χ0) is 10.3.